The Bertz CT molecular complexity index is 208. The van der Waals surface area contributed by atoms with Crippen LogP contribution in [-0.4, -0.2) is 18.5 Å². The van der Waals surface area contributed by atoms with Gasteiger partial charge in [0.2, 0.25) is 0 Å². The maximum atomic E-state index is 11.3. The Morgan fingerprint density at radius 3 is 2.86 bits per heavy atom. The molecule has 0 radical (unpaired) electrons. The Hall–Kier alpha value is -0.630. The predicted molar refractivity (Wildman–Crippen MR) is 57.3 cm³/mol. The van der Waals surface area contributed by atoms with Crippen LogP contribution < -0.4 is 0 Å². The molecule has 1 aliphatic rings. The van der Waals surface area contributed by atoms with Gasteiger partial charge in [-0.2, -0.15) is 0 Å². The molecule has 0 N–H and O–H groups in total. The normalized spacial score (nSPS) is 20.9. The van der Waals surface area contributed by atoms with Gasteiger partial charge in [0, 0.05) is 13.0 Å². The van der Waals surface area contributed by atoms with Crippen LogP contribution in [0.4, 0.5) is 0 Å². The Balaban J connectivity index is 2.08. The van der Waals surface area contributed by atoms with Crippen molar-refractivity contribution in [3.8, 4) is 0 Å². The van der Waals surface area contributed by atoms with Crippen molar-refractivity contribution in [2.75, 3.05) is 6.61 Å². The SMILES string of the molecule is CC(C)=CC(=O)CCCC1CCCO1. The van der Waals surface area contributed by atoms with Crippen LogP contribution >= 0.6 is 0 Å². The molecule has 2 nitrogen and oxygen atoms in total. The van der Waals surface area contributed by atoms with Crippen LogP contribution in [0.2, 0.25) is 0 Å². The summed E-state index contributed by atoms with van der Waals surface area (Å²) in [6, 6.07) is 0. The minimum atomic E-state index is 0.253. The van der Waals surface area contributed by atoms with Crippen molar-refractivity contribution in [3.05, 3.63) is 11.6 Å². The van der Waals surface area contributed by atoms with Crippen LogP contribution in [0.25, 0.3) is 0 Å². The van der Waals surface area contributed by atoms with Gasteiger partial charge in [0.15, 0.2) is 5.78 Å². The van der Waals surface area contributed by atoms with Crippen molar-refractivity contribution in [3.63, 3.8) is 0 Å². The number of carbonyl (C=O) groups excluding carboxylic acids is 1. The lowest BCUT2D eigenvalue weighted by Crippen LogP contribution is -2.05. The molecule has 0 aliphatic carbocycles. The van der Waals surface area contributed by atoms with Crippen molar-refractivity contribution < 1.29 is 9.53 Å². The molecule has 2 heteroatoms. The van der Waals surface area contributed by atoms with E-state index in [1.54, 1.807) is 6.08 Å². The first-order valence-corrected chi connectivity index (χ1v) is 5.48. The lowest BCUT2D eigenvalue weighted by Gasteiger charge is -2.07. The quantitative estimate of drug-likeness (QED) is 0.632. The molecular formula is C12H20O2. The molecule has 1 fully saturated rings. The third kappa shape index (κ3) is 4.56. The zero-order chi connectivity index (χ0) is 10.4. The van der Waals surface area contributed by atoms with Crippen LogP contribution in [0.5, 0.6) is 0 Å². The average molecular weight is 196 g/mol. The number of carbonyl (C=O) groups is 1. The number of ether oxygens (including phenoxy) is 1. The first-order chi connectivity index (χ1) is 6.68. The van der Waals surface area contributed by atoms with Gasteiger partial charge in [-0.25, -0.2) is 0 Å². The fraction of sp³-hybridized carbons (Fsp3) is 0.750. The van der Waals surface area contributed by atoms with E-state index in [1.807, 2.05) is 13.8 Å². The van der Waals surface area contributed by atoms with Gasteiger partial charge in [-0.3, -0.25) is 4.79 Å². The highest BCUT2D eigenvalue weighted by atomic mass is 16.5. The molecule has 1 heterocycles. The summed E-state index contributed by atoms with van der Waals surface area (Å²) in [6.07, 6.45) is 7.20. The fourth-order valence-corrected chi connectivity index (χ4v) is 1.77. The van der Waals surface area contributed by atoms with Crippen LogP contribution in [-0.2, 0) is 9.53 Å². The summed E-state index contributed by atoms with van der Waals surface area (Å²) >= 11 is 0. The Morgan fingerprint density at radius 1 is 1.50 bits per heavy atom. The first-order valence-electron chi connectivity index (χ1n) is 5.48. The number of allylic oxidation sites excluding steroid dienone is 2. The van der Waals surface area contributed by atoms with Gasteiger partial charge in [-0.1, -0.05) is 5.57 Å². The third-order valence-corrected chi connectivity index (χ3v) is 2.42. The first kappa shape index (κ1) is 11.4. The second-order valence-electron chi connectivity index (χ2n) is 4.22. The van der Waals surface area contributed by atoms with Gasteiger partial charge in [-0.15, -0.1) is 0 Å². The van der Waals surface area contributed by atoms with Crippen LogP contribution in [0.1, 0.15) is 46.0 Å². The summed E-state index contributed by atoms with van der Waals surface area (Å²) in [6.45, 7) is 4.82. The molecule has 0 saturated carbocycles. The molecule has 1 atom stereocenters. The van der Waals surface area contributed by atoms with E-state index in [9.17, 15) is 4.79 Å². The van der Waals surface area contributed by atoms with E-state index >= 15 is 0 Å². The summed E-state index contributed by atoms with van der Waals surface area (Å²) in [5.41, 5.74) is 1.09. The molecule has 1 unspecified atom stereocenters. The van der Waals surface area contributed by atoms with Gasteiger partial charge in [0.05, 0.1) is 6.10 Å². The van der Waals surface area contributed by atoms with Crippen LogP contribution in [0, 0.1) is 0 Å². The van der Waals surface area contributed by atoms with Crippen molar-refractivity contribution in [1.29, 1.82) is 0 Å². The topological polar surface area (TPSA) is 26.3 Å². The Morgan fingerprint density at radius 2 is 2.29 bits per heavy atom. The van der Waals surface area contributed by atoms with Crippen molar-refractivity contribution in [2.24, 2.45) is 0 Å². The number of hydrogen-bond donors (Lipinski definition) is 0. The van der Waals surface area contributed by atoms with Gasteiger partial charge in [0.1, 0.15) is 0 Å². The number of rotatable bonds is 5. The van der Waals surface area contributed by atoms with Crippen LogP contribution in [0.3, 0.4) is 0 Å². The van der Waals surface area contributed by atoms with Crippen molar-refractivity contribution >= 4 is 5.78 Å². The van der Waals surface area contributed by atoms with Gasteiger partial charge < -0.3 is 4.74 Å². The highest BCUT2D eigenvalue weighted by Crippen LogP contribution is 2.17. The molecular weight excluding hydrogens is 176 g/mol. The minimum Gasteiger partial charge on any atom is -0.378 e. The van der Waals surface area contributed by atoms with E-state index < -0.39 is 0 Å². The van der Waals surface area contributed by atoms with E-state index in [2.05, 4.69) is 0 Å². The predicted octanol–water partition coefficient (Wildman–Crippen LogP) is 2.87. The monoisotopic (exact) mass is 196 g/mol. The molecule has 0 spiro atoms. The molecule has 1 rings (SSSR count). The standard InChI is InChI=1S/C12H20O2/c1-10(2)9-11(13)5-3-6-12-7-4-8-14-12/h9,12H,3-8H2,1-2H3. The molecule has 0 amide bonds. The second-order valence-corrected chi connectivity index (χ2v) is 4.22. The highest BCUT2D eigenvalue weighted by Gasteiger charge is 2.14. The number of ketones is 1. The van der Waals surface area contributed by atoms with Gasteiger partial charge in [0.25, 0.3) is 0 Å². The van der Waals surface area contributed by atoms with Crippen LogP contribution in [0.15, 0.2) is 11.6 Å². The van der Waals surface area contributed by atoms with E-state index in [0.29, 0.717) is 12.5 Å². The largest absolute Gasteiger partial charge is 0.378 e. The summed E-state index contributed by atoms with van der Waals surface area (Å²) in [5.74, 6) is 0.253. The van der Waals surface area contributed by atoms with Crippen molar-refractivity contribution in [2.45, 2.75) is 52.1 Å². The number of hydrogen-bond acceptors (Lipinski definition) is 2. The summed E-state index contributed by atoms with van der Waals surface area (Å²) < 4.78 is 5.49. The molecule has 14 heavy (non-hydrogen) atoms. The maximum Gasteiger partial charge on any atom is 0.155 e. The maximum absolute atomic E-state index is 11.3. The minimum absolute atomic E-state index is 0.253. The van der Waals surface area contributed by atoms with E-state index in [1.165, 1.54) is 12.8 Å². The molecule has 0 aromatic heterocycles. The zero-order valence-corrected chi connectivity index (χ0v) is 9.21. The van der Waals surface area contributed by atoms with Gasteiger partial charge in [-0.05, 0) is 45.6 Å². The smallest absolute Gasteiger partial charge is 0.155 e. The lowest BCUT2D eigenvalue weighted by molar-refractivity contribution is -0.114. The summed E-state index contributed by atoms with van der Waals surface area (Å²) in [4.78, 5) is 11.3. The summed E-state index contributed by atoms with van der Waals surface area (Å²) in [5, 5.41) is 0. The Labute approximate surface area is 86.3 Å². The third-order valence-electron chi connectivity index (χ3n) is 2.42. The molecule has 1 aliphatic heterocycles. The zero-order valence-electron chi connectivity index (χ0n) is 9.21. The van der Waals surface area contributed by atoms with E-state index in [-0.39, 0.29) is 5.78 Å². The molecule has 0 bridgehead atoms. The van der Waals surface area contributed by atoms with Gasteiger partial charge >= 0.3 is 0 Å². The Kier molecular flexibility index (Phi) is 4.88. The average Bonchev–Trinajstić information content (AvgIpc) is 2.55. The van der Waals surface area contributed by atoms with E-state index in [0.717, 1.165) is 25.0 Å². The highest BCUT2D eigenvalue weighted by molar-refractivity contribution is 5.90. The molecule has 80 valence electrons. The summed E-state index contributed by atoms with van der Waals surface area (Å²) in [7, 11) is 0. The molecule has 0 aromatic rings. The lowest BCUT2D eigenvalue weighted by atomic mass is 10.1. The van der Waals surface area contributed by atoms with Crippen molar-refractivity contribution in [1.82, 2.24) is 0 Å². The molecule has 0 aromatic carbocycles. The molecule has 1 saturated heterocycles. The fourth-order valence-electron chi connectivity index (χ4n) is 1.77. The second kappa shape index (κ2) is 5.97. The van der Waals surface area contributed by atoms with E-state index in [4.69, 9.17) is 4.74 Å².